The fourth-order valence-corrected chi connectivity index (χ4v) is 4.52. The lowest BCUT2D eigenvalue weighted by Crippen LogP contribution is -2.23. The first-order valence-corrected chi connectivity index (χ1v) is 11.1. The van der Waals surface area contributed by atoms with Gasteiger partial charge in [0.05, 0.1) is 32.8 Å². The predicted octanol–water partition coefficient (Wildman–Crippen LogP) is 3.39. The van der Waals surface area contributed by atoms with Gasteiger partial charge in [0.1, 0.15) is 0 Å². The molecule has 0 aliphatic heterocycles. The van der Waals surface area contributed by atoms with Gasteiger partial charge in [-0.05, 0) is 23.6 Å². The maximum atomic E-state index is 12.9. The summed E-state index contributed by atoms with van der Waals surface area (Å²) >= 11 is 0. The number of nitrogens with zero attached hydrogens (tertiary/aromatic N) is 2. The summed E-state index contributed by atoms with van der Waals surface area (Å²) in [6, 6.07) is 15.7. The summed E-state index contributed by atoms with van der Waals surface area (Å²) in [5.41, 5.74) is 0.561. The molecule has 0 fully saturated rings. The lowest BCUT2D eigenvalue weighted by Gasteiger charge is -2.12. The minimum absolute atomic E-state index is 0.109. The Morgan fingerprint density at radius 2 is 1.62 bits per heavy atom. The molecule has 1 aromatic heterocycles. The molecule has 10 heteroatoms. The number of hydrogen-bond donors (Lipinski definition) is 1. The van der Waals surface area contributed by atoms with E-state index in [9.17, 15) is 8.42 Å². The number of benzene rings is 3. The van der Waals surface area contributed by atoms with E-state index in [1.807, 2.05) is 18.2 Å². The highest BCUT2D eigenvalue weighted by Crippen LogP contribution is 2.40. The van der Waals surface area contributed by atoms with Gasteiger partial charge in [-0.1, -0.05) is 41.6 Å². The molecule has 1 heterocycles. The van der Waals surface area contributed by atoms with Gasteiger partial charge in [0.2, 0.25) is 27.5 Å². The molecule has 9 nitrogen and oxygen atoms in total. The minimum atomic E-state index is -3.81. The summed E-state index contributed by atoms with van der Waals surface area (Å²) in [5, 5.41) is 5.41. The first kappa shape index (κ1) is 21.6. The number of ether oxygens (including phenoxy) is 3. The third kappa shape index (κ3) is 4.10. The highest BCUT2D eigenvalue weighted by molar-refractivity contribution is 7.89. The van der Waals surface area contributed by atoms with Crippen LogP contribution in [0.3, 0.4) is 0 Å². The molecule has 0 aliphatic rings. The Morgan fingerprint density at radius 1 is 0.938 bits per heavy atom. The van der Waals surface area contributed by atoms with Gasteiger partial charge in [-0.25, -0.2) is 13.1 Å². The maximum absolute atomic E-state index is 12.9. The molecule has 0 radical (unpaired) electrons. The molecule has 32 heavy (non-hydrogen) atoms. The molecule has 1 N–H and O–H groups in total. The lowest BCUT2D eigenvalue weighted by atomic mass is 10.1. The summed E-state index contributed by atoms with van der Waals surface area (Å²) in [6.45, 7) is -0.164. The van der Waals surface area contributed by atoms with Gasteiger partial charge in [-0.15, -0.1) is 0 Å². The van der Waals surface area contributed by atoms with Gasteiger partial charge in [0.15, 0.2) is 11.5 Å². The molecule has 0 bridgehead atoms. The van der Waals surface area contributed by atoms with Crippen LogP contribution in [0.5, 0.6) is 17.2 Å². The molecule has 0 spiro atoms. The van der Waals surface area contributed by atoms with Crippen LogP contribution in [-0.4, -0.2) is 39.9 Å². The molecule has 4 rings (SSSR count). The van der Waals surface area contributed by atoms with Crippen LogP contribution in [0, 0.1) is 0 Å². The van der Waals surface area contributed by atoms with Gasteiger partial charge in [-0.2, -0.15) is 4.98 Å². The molecule has 0 aliphatic carbocycles. The summed E-state index contributed by atoms with van der Waals surface area (Å²) < 4.78 is 49.5. The Labute approximate surface area is 185 Å². The van der Waals surface area contributed by atoms with Crippen molar-refractivity contribution in [3.63, 3.8) is 0 Å². The van der Waals surface area contributed by atoms with Crippen molar-refractivity contribution in [2.24, 2.45) is 0 Å². The zero-order chi connectivity index (χ0) is 22.7. The van der Waals surface area contributed by atoms with Crippen LogP contribution in [0.4, 0.5) is 0 Å². The van der Waals surface area contributed by atoms with E-state index in [0.717, 1.165) is 5.39 Å². The van der Waals surface area contributed by atoms with Gasteiger partial charge < -0.3 is 18.7 Å². The van der Waals surface area contributed by atoms with Crippen LogP contribution >= 0.6 is 0 Å². The van der Waals surface area contributed by atoms with Crippen molar-refractivity contribution in [2.75, 3.05) is 21.3 Å². The van der Waals surface area contributed by atoms with Crippen LogP contribution in [-0.2, 0) is 16.6 Å². The molecular formula is C22H21N3O6S. The second kappa shape index (κ2) is 8.85. The van der Waals surface area contributed by atoms with E-state index in [1.165, 1.54) is 21.3 Å². The number of rotatable bonds is 8. The number of fused-ring (bicyclic) bond motifs is 1. The first-order valence-electron chi connectivity index (χ1n) is 9.57. The van der Waals surface area contributed by atoms with Crippen molar-refractivity contribution in [3.05, 3.63) is 60.5 Å². The highest BCUT2D eigenvalue weighted by Gasteiger charge is 2.20. The van der Waals surface area contributed by atoms with Gasteiger partial charge in [0.25, 0.3) is 0 Å². The van der Waals surface area contributed by atoms with Crippen LogP contribution < -0.4 is 18.9 Å². The molecule has 0 saturated carbocycles. The number of aromatic nitrogens is 2. The van der Waals surface area contributed by atoms with Crippen molar-refractivity contribution >= 4 is 20.8 Å². The number of hydrogen-bond acceptors (Lipinski definition) is 8. The molecule has 3 aromatic carbocycles. The second-order valence-corrected chi connectivity index (χ2v) is 8.46. The van der Waals surface area contributed by atoms with E-state index in [1.54, 1.807) is 36.4 Å². The Bertz CT molecular complexity index is 1340. The summed E-state index contributed by atoms with van der Waals surface area (Å²) in [6.07, 6.45) is 0. The van der Waals surface area contributed by atoms with Gasteiger partial charge >= 0.3 is 0 Å². The van der Waals surface area contributed by atoms with E-state index in [2.05, 4.69) is 14.9 Å². The third-order valence-corrected chi connectivity index (χ3v) is 6.30. The van der Waals surface area contributed by atoms with Crippen molar-refractivity contribution in [3.8, 4) is 28.6 Å². The summed E-state index contributed by atoms with van der Waals surface area (Å²) in [4.78, 5) is 4.47. The molecule has 0 atom stereocenters. The van der Waals surface area contributed by atoms with E-state index in [0.29, 0.717) is 28.2 Å². The lowest BCUT2D eigenvalue weighted by molar-refractivity contribution is 0.324. The Balaban J connectivity index is 1.58. The quantitative estimate of drug-likeness (QED) is 0.430. The second-order valence-electron chi connectivity index (χ2n) is 6.73. The fourth-order valence-electron chi connectivity index (χ4n) is 3.32. The first-order chi connectivity index (χ1) is 15.5. The van der Waals surface area contributed by atoms with E-state index in [4.69, 9.17) is 18.7 Å². The molecule has 4 aromatic rings. The molecule has 0 amide bonds. The zero-order valence-corrected chi connectivity index (χ0v) is 18.5. The van der Waals surface area contributed by atoms with Crippen molar-refractivity contribution in [1.82, 2.24) is 14.9 Å². The molecular weight excluding hydrogens is 434 g/mol. The summed E-state index contributed by atoms with van der Waals surface area (Å²) in [5.74, 6) is 1.67. The highest BCUT2D eigenvalue weighted by atomic mass is 32.2. The number of sulfonamides is 1. The summed E-state index contributed by atoms with van der Waals surface area (Å²) in [7, 11) is 0.713. The normalized spacial score (nSPS) is 11.5. The van der Waals surface area contributed by atoms with E-state index >= 15 is 0 Å². The van der Waals surface area contributed by atoms with Crippen LogP contribution in [0.1, 0.15) is 5.89 Å². The predicted molar refractivity (Wildman–Crippen MR) is 117 cm³/mol. The molecule has 0 saturated heterocycles. The standard InChI is InChI=1S/C22H21N3O6S/c1-28-17-11-15(12-18(29-2)21(17)30-3)22-24-20(31-25-22)13-23-32(26,27)19-10-6-8-14-7-4-5-9-16(14)19/h4-12,23H,13H2,1-3H3. The Hall–Kier alpha value is -3.63. The minimum Gasteiger partial charge on any atom is -0.493 e. The zero-order valence-electron chi connectivity index (χ0n) is 17.7. The van der Waals surface area contributed by atoms with Crippen LogP contribution in [0.25, 0.3) is 22.2 Å². The smallest absolute Gasteiger partial charge is 0.242 e. The SMILES string of the molecule is COc1cc(-c2noc(CNS(=O)(=O)c3cccc4ccccc34)n2)cc(OC)c1OC. The largest absolute Gasteiger partial charge is 0.493 e. The Kier molecular flexibility index (Phi) is 5.97. The fraction of sp³-hybridized carbons (Fsp3) is 0.182. The molecule has 166 valence electrons. The van der Waals surface area contributed by atoms with Gasteiger partial charge in [0, 0.05) is 10.9 Å². The monoisotopic (exact) mass is 455 g/mol. The average Bonchev–Trinajstić information content (AvgIpc) is 3.30. The third-order valence-electron chi connectivity index (χ3n) is 4.84. The van der Waals surface area contributed by atoms with E-state index in [-0.39, 0.29) is 23.2 Å². The van der Waals surface area contributed by atoms with Crippen LogP contribution in [0.15, 0.2) is 64.0 Å². The van der Waals surface area contributed by atoms with Gasteiger partial charge in [-0.3, -0.25) is 0 Å². The Morgan fingerprint density at radius 3 is 2.31 bits per heavy atom. The van der Waals surface area contributed by atoms with Crippen LogP contribution in [0.2, 0.25) is 0 Å². The molecule has 0 unspecified atom stereocenters. The van der Waals surface area contributed by atoms with Crippen molar-refractivity contribution in [2.45, 2.75) is 11.4 Å². The maximum Gasteiger partial charge on any atom is 0.242 e. The topological polar surface area (TPSA) is 113 Å². The van der Waals surface area contributed by atoms with Crippen molar-refractivity contribution in [1.29, 1.82) is 0 Å². The van der Waals surface area contributed by atoms with E-state index < -0.39 is 10.0 Å². The number of nitrogens with one attached hydrogen (secondary N) is 1. The van der Waals surface area contributed by atoms with Crippen molar-refractivity contribution < 1.29 is 27.2 Å². The number of methoxy groups -OCH3 is 3. The average molecular weight is 455 g/mol.